The van der Waals surface area contributed by atoms with Crippen molar-refractivity contribution in [2.24, 2.45) is 0 Å². The Balaban J connectivity index is 1.67. The van der Waals surface area contributed by atoms with Crippen LogP contribution in [0.1, 0.15) is 11.1 Å². The summed E-state index contributed by atoms with van der Waals surface area (Å²) >= 11 is 3.35. The molecule has 0 N–H and O–H groups in total. The Morgan fingerprint density at radius 3 is 1.58 bits per heavy atom. The molecule has 0 bridgehead atoms. The minimum absolute atomic E-state index is 0.283. The second kappa shape index (κ2) is 7.36. The number of halogens is 1. The molecule has 1 heterocycles. The largest absolute Gasteiger partial charge is 0.309 e. The highest BCUT2D eigenvalue weighted by Crippen LogP contribution is 2.34. The van der Waals surface area contributed by atoms with E-state index < -0.39 is 9.84 Å². The van der Waals surface area contributed by atoms with E-state index in [4.69, 9.17) is 0 Å². The van der Waals surface area contributed by atoms with Crippen molar-refractivity contribution in [3.8, 4) is 5.69 Å². The van der Waals surface area contributed by atoms with E-state index in [0.29, 0.717) is 0 Å². The first-order valence-corrected chi connectivity index (χ1v) is 12.2. The number of fused-ring (bicyclic) bond motifs is 3. The molecular weight excluding hydrogens is 470 g/mol. The Morgan fingerprint density at radius 2 is 1.10 bits per heavy atom. The van der Waals surface area contributed by atoms with Crippen LogP contribution in [-0.2, 0) is 9.84 Å². The van der Waals surface area contributed by atoms with Crippen LogP contribution in [0.15, 0.2) is 99.2 Å². The average molecular weight is 490 g/mol. The number of hydrogen-bond donors (Lipinski definition) is 0. The summed E-state index contributed by atoms with van der Waals surface area (Å²) < 4.78 is 29.1. The lowest BCUT2D eigenvalue weighted by molar-refractivity contribution is 0.596. The molecule has 0 saturated heterocycles. The lowest BCUT2D eigenvalue weighted by Crippen LogP contribution is -2.02. The fourth-order valence-electron chi connectivity index (χ4n) is 4.05. The van der Waals surface area contributed by atoms with Crippen molar-refractivity contribution in [3.63, 3.8) is 0 Å². The number of aryl methyl sites for hydroxylation is 2. The first-order chi connectivity index (χ1) is 14.8. The number of rotatable bonds is 3. The number of nitrogens with zero attached hydrogens (tertiary/aromatic N) is 1. The molecule has 154 valence electrons. The molecule has 3 nitrogen and oxygen atoms in total. The molecule has 4 aromatic carbocycles. The zero-order valence-corrected chi connectivity index (χ0v) is 19.5. The monoisotopic (exact) mass is 489 g/mol. The van der Waals surface area contributed by atoms with Gasteiger partial charge in [-0.1, -0.05) is 39.2 Å². The van der Waals surface area contributed by atoms with Crippen molar-refractivity contribution in [2.45, 2.75) is 23.6 Å². The molecule has 0 aliphatic carbocycles. The quantitative estimate of drug-likeness (QED) is 0.273. The van der Waals surface area contributed by atoms with Gasteiger partial charge in [-0.2, -0.15) is 0 Å². The SMILES string of the molecule is Cc1ccc2c(c1)c1cc(C)ccc1n2-c1ccc(S(=O)(=O)c2ccc(Br)cc2)cc1. The molecule has 0 saturated carbocycles. The summed E-state index contributed by atoms with van der Waals surface area (Å²) in [5, 5.41) is 2.40. The van der Waals surface area contributed by atoms with Gasteiger partial charge in [0.2, 0.25) is 9.84 Å². The van der Waals surface area contributed by atoms with Gasteiger partial charge in [0.15, 0.2) is 0 Å². The van der Waals surface area contributed by atoms with Crippen LogP contribution in [0.3, 0.4) is 0 Å². The summed E-state index contributed by atoms with van der Waals surface area (Å²) in [6.45, 7) is 4.19. The van der Waals surface area contributed by atoms with E-state index in [1.807, 2.05) is 12.1 Å². The van der Waals surface area contributed by atoms with Gasteiger partial charge in [0, 0.05) is 20.9 Å². The average Bonchev–Trinajstić information content (AvgIpc) is 3.07. The molecular formula is C26H20BrNO2S. The van der Waals surface area contributed by atoms with Crippen LogP contribution in [-0.4, -0.2) is 13.0 Å². The van der Waals surface area contributed by atoms with Gasteiger partial charge >= 0.3 is 0 Å². The Kier molecular flexibility index (Phi) is 4.76. The summed E-state index contributed by atoms with van der Waals surface area (Å²) in [5.41, 5.74) is 5.57. The van der Waals surface area contributed by atoms with Gasteiger partial charge in [-0.25, -0.2) is 8.42 Å². The van der Waals surface area contributed by atoms with Crippen LogP contribution in [0, 0.1) is 13.8 Å². The molecule has 5 rings (SSSR count). The van der Waals surface area contributed by atoms with Crippen LogP contribution in [0.2, 0.25) is 0 Å². The van der Waals surface area contributed by atoms with E-state index in [-0.39, 0.29) is 9.79 Å². The molecule has 31 heavy (non-hydrogen) atoms. The Morgan fingerprint density at radius 1 is 0.645 bits per heavy atom. The lowest BCUT2D eigenvalue weighted by Gasteiger charge is -2.10. The summed E-state index contributed by atoms with van der Waals surface area (Å²) in [6.07, 6.45) is 0. The van der Waals surface area contributed by atoms with Crippen LogP contribution in [0.4, 0.5) is 0 Å². The maximum absolute atomic E-state index is 13.0. The second-order valence-corrected chi connectivity index (χ2v) is 10.7. The smallest absolute Gasteiger partial charge is 0.206 e. The standard InChI is InChI=1S/C26H20BrNO2S/c1-17-3-13-25-23(15-17)24-16-18(2)4-14-26(24)28(25)20-7-11-22(12-8-20)31(29,30)21-9-5-19(27)6-10-21/h3-16H,1-2H3. The first kappa shape index (κ1) is 20.0. The molecule has 0 unspecified atom stereocenters. The van der Waals surface area contributed by atoms with Crippen LogP contribution < -0.4 is 0 Å². The minimum Gasteiger partial charge on any atom is -0.309 e. The number of benzene rings is 4. The fraction of sp³-hybridized carbons (Fsp3) is 0.0769. The summed E-state index contributed by atoms with van der Waals surface area (Å²) in [4.78, 5) is 0.567. The van der Waals surface area contributed by atoms with Crippen molar-refractivity contribution in [3.05, 3.63) is 101 Å². The predicted octanol–water partition coefficient (Wildman–Crippen LogP) is 7.00. The third-order valence-corrected chi connectivity index (χ3v) is 7.92. The topological polar surface area (TPSA) is 39.1 Å². The third-order valence-electron chi connectivity index (χ3n) is 5.61. The normalized spacial score (nSPS) is 12.0. The van der Waals surface area contributed by atoms with Gasteiger partial charge in [-0.15, -0.1) is 0 Å². The molecule has 0 fully saturated rings. The third kappa shape index (κ3) is 3.38. The van der Waals surface area contributed by atoms with E-state index >= 15 is 0 Å². The fourth-order valence-corrected chi connectivity index (χ4v) is 5.58. The zero-order valence-electron chi connectivity index (χ0n) is 17.1. The van der Waals surface area contributed by atoms with Crippen LogP contribution >= 0.6 is 15.9 Å². The summed E-state index contributed by atoms with van der Waals surface area (Å²) in [6, 6.07) is 26.7. The highest BCUT2D eigenvalue weighted by Gasteiger charge is 2.18. The number of hydrogen-bond acceptors (Lipinski definition) is 2. The van der Waals surface area contributed by atoms with Crippen LogP contribution in [0.5, 0.6) is 0 Å². The zero-order chi connectivity index (χ0) is 21.8. The van der Waals surface area contributed by atoms with Crippen molar-refractivity contribution in [1.29, 1.82) is 0 Å². The Hall–Kier alpha value is -2.89. The van der Waals surface area contributed by atoms with Gasteiger partial charge in [-0.3, -0.25) is 0 Å². The predicted molar refractivity (Wildman–Crippen MR) is 130 cm³/mol. The van der Waals surface area contributed by atoms with E-state index in [0.717, 1.165) is 21.2 Å². The molecule has 0 amide bonds. The molecule has 5 heteroatoms. The Bertz CT molecular complexity index is 1490. The van der Waals surface area contributed by atoms with Gasteiger partial charge in [0.25, 0.3) is 0 Å². The highest BCUT2D eigenvalue weighted by molar-refractivity contribution is 9.10. The van der Waals surface area contributed by atoms with Gasteiger partial charge < -0.3 is 4.57 Å². The van der Waals surface area contributed by atoms with Crippen molar-refractivity contribution >= 4 is 47.6 Å². The summed E-state index contributed by atoms with van der Waals surface area (Å²) in [5.74, 6) is 0. The van der Waals surface area contributed by atoms with Crippen LogP contribution in [0.25, 0.3) is 27.5 Å². The molecule has 0 aliphatic rings. The summed E-state index contributed by atoms with van der Waals surface area (Å²) in [7, 11) is -3.57. The number of sulfone groups is 1. The van der Waals surface area contributed by atoms with Crippen molar-refractivity contribution in [2.75, 3.05) is 0 Å². The highest BCUT2D eigenvalue weighted by atomic mass is 79.9. The molecule has 1 aromatic heterocycles. The van der Waals surface area contributed by atoms with E-state index in [1.54, 1.807) is 36.4 Å². The lowest BCUT2D eigenvalue weighted by atomic mass is 10.1. The molecule has 0 radical (unpaired) electrons. The maximum Gasteiger partial charge on any atom is 0.206 e. The van der Waals surface area contributed by atoms with E-state index in [9.17, 15) is 8.42 Å². The van der Waals surface area contributed by atoms with E-state index in [1.165, 1.54) is 21.9 Å². The van der Waals surface area contributed by atoms with E-state index in [2.05, 4.69) is 70.7 Å². The molecule has 0 spiro atoms. The first-order valence-electron chi connectivity index (χ1n) is 9.97. The maximum atomic E-state index is 13.0. The van der Waals surface area contributed by atoms with Crippen molar-refractivity contribution < 1.29 is 8.42 Å². The molecule has 0 aliphatic heterocycles. The minimum atomic E-state index is -3.57. The van der Waals surface area contributed by atoms with Gasteiger partial charge in [-0.05, 0) is 86.6 Å². The van der Waals surface area contributed by atoms with Gasteiger partial charge in [0.1, 0.15) is 0 Å². The Labute approximate surface area is 190 Å². The second-order valence-electron chi connectivity index (χ2n) is 7.83. The van der Waals surface area contributed by atoms with Gasteiger partial charge in [0.05, 0.1) is 20.8 Å². The van der Waals surface area contributed by atoms with Crippen molar-refractivity contribution in [1.82, 2.24) is 4.57 Å². The molecule has 0 atom stereocenters. The number of aromatic nitrogens is 1. The molecule has 5 aromatic rings.